The highest BCUT2D eigenvalue weighted by molar-refractivity contribution is 7.99. The molecule has 1 fully saturated rings. The van der Waals surface area contributed by atoms with E-state index in [9.17, 15) is 19.1 Å². The number of carbonyl (C=O) groups excluding carboxylic acids is 1. The van der Waals surface area contributed by atoms with E-state index in [1.54, 1.807) is 36.4 Å². The van der Waals surface area contributed by atoms with Crippen molar-refractivity contribution < 1.29 is 19.1 Å². The van der Waals surface area contributed by atoms with Crippen LogP contribution < -0.4 is 0 Å². The van der Waals surface area contributed by atoms with Crippen molar-refractivity contribution in [2.45, 2.75) is 11.4 Å². The molecule has 4 nitrogen and oxygen atoms in total. The zero-order valence-electron chi connectivity index (χ0n) is 12.4. The molecule has 7 heteroatoms. The van der Waals surface area contributed by atoms with Crippen LogP contribution >= 0.6 is 23.4 Å². The molecule has 0 unspecified atom stereocenters. The molecule has 2 aromatic carbocycles. The molecule has 0 spiro atoms. The largest absolute Gasteiger partial charge is 0.480 e. The SMILES string of the molecule is O=C(O)[C@H]1CS[C@@H](c2ccc(F)cc2)N1C(=O)c1ccc(Cl)cc1. The second-order valence-corrected chi connectivity index (χ2v) is 6.86. The zero-order valence-corrected chi connectivity index (χ0v) is 13.9. The first-order valence-corrected chi connectivity index (χ1v) is 8.58. The lowest BCUT2D eigenvalue weighted by molar-refractivity contribution is -0.141. The van der Waals surface area contributed by atoms with Gasteiger partial charge in [0.2, 0.25) is 0 Å². The van der Waals surface area contributed by atoms with E-state index in [1.807, 2.05) is 0 Å². The summed E-state index contributed by atoms with van der Waals surface area (Å²) in [5.41, 5.74) is 1.05. The molecule has 0 aromatic heterocycles. The molecule has 0 aliphatic carbocycles. The second-order valence-electron chi connectivity index (χ2n) is 5.31. The van der Waals surface area contributed by atoms with Gasteiger partial charge in [0.25, 0.3) is 5.91 Å². The van der Waals surface area contributed by atoms with Crippen LogP contribution in [0.4, 0.5) is 4.39 Å². The molecule has 0 radical (unpaired) electrons. The number of thioether (sulfide) groups is 1. The molecule has 24 heavy (non-hydrogen) atoms. The molecule has 0 saturated carbocycles. The maximum atomic E-state index is 13.1. The molecule has 1 aliphatic heterocycles. The van der Waals surface area contributed by atoms with E-state index in [0.717, 1.165) is 0 Å². The van der Waals surface area contributed by atoms with Gasteiger partial charge in [-0.25, -0.2) is 9.18 Å². The Kier molecular flexibility index (Phi) is 4.78. The monoisotopic (exact) mass is 365 g/mol. The van der Waals surface area contributed by atoms with Crippen LogP contribution in [0.5, 0.6) is 0 Å². The van der Waals surface area contributed by atoms with Gasteiger partial charge in [-0.1, -0.05) is 23.7 Å². The van der Waals surface area contributed by atoms with E-state index in [2.05, 4.69) is 0 Å². The number of hydrogen-bond donors (Lipinski definition) is 1. The fourth-order valence-electron chi connectivity index (χ4n) is 2.57. The van der Waals surface area contributed by atoms with Crippen LogP contribution in [0.1, 0.15) is 21.3 Å². The number of carboxylic acid groups (broad SMARTS) is 1. The van der Waals surface area contributed by atoms with Gasteiger partial charge < -0.3 is 10.0 Å². The topological polar surface area (TPSA) is 57.6 Å². The van der Waals surface area contributed by atoms with Crippen molar-refractivity contribution in [2.75, 3.05) is 5.75 Å². The van der Waals surface area contributed by atoms with Crippen molar-refractivity contribution in [1.29, 1.82) is 0 Å². The standard InChI is InChI=1S/C17H13ClFNO3S/c18-12-5-1-10(2-6-12)15(21)20-14(17(22)23)9-24-16(20)11-3-7-13(19)8-4-11/h1-8,14,16H,9H2,(H,22,23)/t14-,16+/m1/s1. The Labute approximate surface area is 147 Å². The first kappa shape index (κ1) is 16.8. The predicted octanol–water partition coefficient (Wildman–Crippen LogP) is 3.82. The van der Waals surface area contributed by atoms with Crippen molar-refractivity contribution in [3.63, 3.8) is 0 Å². The quantitative estimate of drug-likeness (QED) is 0.898. The highest BCUT2D eigenvalue weighted by Gasteiger charge is 2.42. The summed E-state index contributed by atoms with van der Waals surface area (Å²) in [7, 11) is 0. The maximum absolute atomic E-state index is 13.1. The van der Waals surface area contributed by atoms with Crippen LogP contribution in [0.3, 0.4) is 0 Å². The van der Waals surface area contributed by atoms with Crippen LogP contribution in [0.15, 0.2) is 48.5 Å². The van der Waals surface area contributed by atoms with E-state index in [-0.39, 0.29) is 11.6 Å². The van der Waals surface area contributed by atoms with Crippen molar-refractivity contribution in [1.82, 2.24) is 4.90 Å². The fraction of sp³-hybridized carbons (Fsp3) is 0.176. The number of nitrogens with zero attached hydrogens (tertiary/aromatic N) is 1. The lowest BCUT2D eigenvalue weighted by Gasteiger charge is -2.27. The van der Waals surface area contributed by atoms with E-state index >= 15 is 0 Å². The third kappa shape index (κ3) is 3.25. The number of carboxylic acids is 1. The maximum Gasteiger partial charge on any atom is 0.327 e. The van der Waals surface area contributed by atoms with E-state index in [4.69, 9.17) is 11.6 Å². The number of halogens is 2. The van der Waals surface area contributed by atoms with Gasteiger partial charge in [-0.05, 0) is 42.0 Å². The number of rotatable bonds is 3. The summed E-state index contributed by atoms with van der Waals surface area (Å²) < 4.78 is 13.1. The molecule has 1 saturated heterocycles. The van der Waals surface area contributed by atoms with Gasteiger partial charge in [0, 0.05) is 16.3 Å². The van der Waals surface area contributed by atoms with Crippen molar-refractivity contribution in [2.24, 2.45) is 0 Å². The average Bonchev–Trinajstić information content (AvgIpc) is 3.01. The average molecular weight is 366 g/mol. The van der Waals surface area contributed by atoms with Crippen molar-refractivity contribution in [3.05, 3.63) is 70.5 Å². The Morgan fingerprint density at radius 1 is 1.12 bits per heavy atom. The summed E-state index contributed by atoms with van der Waals surface area (Å²) in [4.78, 5) is 25.7. The molecule has 2 atom stereocenters. The molecule has 1 aliphatic rings. The number of hydrogen-bond acceptors (Lipinski definition) is 3. The number of benzene rings is 2. The molecule has 2 aromatic rings. The predicted molar refractivity (Wildman–Crippen MR) is 90.6 cm³/mol. The van der Waals surface area contributed by atoms with Gasteiger partial charge >= 0.3 is 5.97 Å². The molecular formula is C17H13ClFNO3S. The van der Waals surface area contributed by atoms with Crippen LogP contribution in [0.25, 0.3) is 0 Å². The Balaban J connectivity index is 1.97. The first-order chi connectivity index (χ1) is 11.5. The Bertz CT molecular complexity index is 766. The van der Waals surface area contributed by atoms with Gasteiger partial charge in [-0.2, -0.15) is 0 Å². The zero-order chi connectivity index (χ0) is 17.3. The third-order valence-corrected chi connectivity index (χ3v) is 5.34. The molecule has 0 bridgehead atoms. The Hall–Kier alpha value is -2.05. The first-order valence-electron chi connectivity index (χ1n) is 7.15. The van der Waals surface area contributed by atoms with Crippen molar-refractivity contribution >= 4 is 35.2 Å². The second kappa shape index (κ2) is 6.83. The van der Waals surface area contributed by atoms with Crippen LogP contribution in [-0.4, -0.2) is 33.7 Å². The molecule has 1 heterocycles. The summed E-state index contributed by atoms with van der Waals surface area (Å²) >= 11 is 7.18. The minimum absolute atomic E-state index is 0.275. The van der Waals surface area contributed by atoms with Crippen LogP contribution in [0.2, 0.25) is 5.02 Å². The van der Waals surface area contributed by atoms with Gasteiger partial charge in [0.1, 0.15) is 17.2 Å². The number of carbonyl (C=O) groups is 2. The molecule has 3 rings (SSSR count). The van der Waals surface area contributed by atoms with Crippen LogP contribution in [-0.2, 0) is 4.79 Å². The summed E-state index contributed by atoms with van der Waals surface area (Å²) in [5, 5.41) is 9.46. The van der Waals surface area contributed by atoms with E-state index < -0.39 is 23.3 Å². The van der Waals surface area contributed by atoms with E-state index in [1.165, 1.54) is 28.8 Å². The Morgan fingerprint density at radius 3 is 2.33 bits per heavy atom. The van der Waals surface area contributed by atoms with Gasteiger partial charge in [-0.3, -0.25) is 4.79 Å². The van der Waals surface area contributed by atoms with Crippen LogP contribution in [0, 0.1) is 5.82 Å². The summed E-state index contributed by atoms with van der Waals surface area (Å²) in [6, 6.07) is 11.1. The lowest BCUT2D eigenvalue weighted by Crippen LogP contribution is -2.42. The molecule has 1 amide bonds. The minimum atomic E-state index is -1.06. The van der Waals surface area contributed by atoms with Gasteiger partial charge in [-0.15, -0.1) is 11.8 Å². The highest BCUT2D eigenvalue weighted by Crippen LogP contribution is 2.42. The van der Waals surface area contributed by atoms with Crippen molar-refractivity contribution in [3.8, 4) is 0 Å². The third-order valence-electron chi connectivity index (χ3n) is 3.77. The van der Waals surface area contributed by atoms with E-state index in [0.29, 0.717) is 16.1 Å². The number of aliphatic carboxylic acids is 1. The number of amides is 1. The fourth-order valence-corrected chi connectivity index (χ4v) is 4.12. The smallest absolute Gasteiger partial charge is 0.327 e. The van der Waals surface area contributed by atoms with Gasteiger partial charge in [0.05, 0.1) is 0 Å². The summed E-state index contributed by atoms with van der Waals surface area (Å²) in [5.74, 6) is -1.56. The molecular weight excluding hydrogens is 353 g/mol. The summed E-state index contributed by atoms with van der Waals surface area (Å²) in [6.07, 6.45) is 0. The summed E-state index contributed by atoms with van der Waals surface area (Å²) in [6.45, 7) is 0. The molecule has 124 valence electrons. The Morgan fingerprint density at radius 2 is 1.75 bits per heavy atom. The lowest BCUT2D eigenvalue weighted by atomic mass is 10.1. The highest BCUT2D eigenvalue weighted by atomic mass is 35.5. The minimum Gasteiger partial charge on any atom is -0.480 e. The van der Waals surface area contributed by atoms with Gasteiger partial charge in [0.15, 0.2) is 0 Å². The normalized spacial score (nSPS) is 20.2. The molecule has 1 N–H and O–H groups in total.